The molecule has 1 unspecified atom stereocenters. The fraction of sp³-hybridized carbons (Fsp3) is 0.147. The lowest BCUT2D eigenvalue weighted by Crippen LogP contribution is -2.25. The normalized spacial score (nSPS) is 11.6. The molecule has 42 heavy (non-hydrogen) atoms. The number of ether oxygens (including phenoxy) is 1. The van der Waals surface area contributed by atoms with Crippen molar-refractivity contribution in [2.75, 3.05) is 17.2 Å². The average molecular weight is 595 g/mol. The highest BCUT2D eigenvalue weighted by Crippen LogP contribution is 2.37. The van der Waals surface area contributed by atoms with E-state index in [1.807, 2.05) is 109 Å². The van der Waals surface area contributed by atoms with Gasteiger partial charge in [-0.2, -0.15) is 0 Å². The Labute approximate surface area is 253 Å². The van der Waals surface area contributed by atoms with E-state index in [0.29, 0.717) is 28.2 Å². The summed E-state index contributed by atoms with van der Waals surface area (Å²) in [5.41, 5.74) is 3.18. The number of carbonyl (C=O) groups is 3. The second-order valence-electron chi connectivity index (χ2n) is 9.49. The molecule has 4 aromatic carbocycles. The van der Waals surface area contributed by atoms with Crippen LogP contribution in [0.2, 0.25) is 0 Å². The Morgan fingerprint density at radius 1 is 0.833 bits per heavy atom. The van der Waals surface area contributed by atoms with Crippen molar-refractivity contribution in [1.82, 2.24) is 0 Å². The molecule has 5 aromatic rings. The molecule has 0 fully saturated rings. The Balaban J connectivity index is 1.30. The molecule has 1 atom stereocenters. The summed E-state index contributed by atoms with van der Waals surface area (Å²) in [5.74, 6) is -0.880. The van der Waals surface area contributed by atoms with E-state index in [4.69, 9.17) is 4.74 Å². The highest BCUT2D eigenvalue weighted by molar-refractivity contribution is 8.00. The smallest absolute Gasteiger partial charge is 0.341 e. The number of thiophene rings is 1. The van der Waals surface area contributed by atoms with Crippen molar-refractivity contribution >= 4 is 62.3 Å². The Hall–Kier alpha value is -4.40. The van der Waals surface area contributed by atoms with Crippen LogP contribution in [0.15, 0.2) is 107 Å². The first-order valence-electron chi connectivity index (χ1n) is 13.7. The van der Waals surface area contributed by atoms with Crippen LogP contribution in [-0.4, -0.2) is 29.6 Å². The molecular formula is C34H30N2O4S2. The van der Waals surface area contributed by atoms with E-state index >= 15 is 0 Å². The zero-order valence-corrected chi connectivity index (χ0v) is 24.9. The van der Waals surface area contributed by atoms with Crippen LogP contribution in [0.1, 0.15) is 41.0 Å². The van der Waals surface area contributed by atoms with Gasteiger partial charge in [0, 0.05) is 27.1 Å². The number of fused-ring (bicyclic) bond motifs is 1. The fourth-order valence-corrected chi connectivity index (χ4v) is 6.52. The Morgan fingerprint density at radius 3 is 2.36 bits per heavy atom. The van der Waals surface area contributed by atoms with Gasteiger partial charge in [0.2, 0.25) is 5.91 Å². The van der Waals surface area contributed by atoms with Crippen LogP contribution in [0.5, 0.6) is 0 Å². The van der Waals surface area contributed by atoms with Crippen LogP contribution in [0, 0.1) is 0 Å². The second-order valence-corrected chi connectivity index (χ2v) is 11.6. The Kier molecular flexibility index (Phi) is 9.36. The molecule has 2 amide bonds. The Bertz CT molecular complexity index is 1730. The zero-order chi connectivity index (χ0) is 29.5. The summed E-state index contributed by atoms with van der Waals surface area (Å²) in [6, 6.07) is 30.6. The number of nitrogens with one attached hydrogen (secondary N) is 2. The van der Waals surface area contributed by atoms with Crippen molar-refractivity contribution in [3.63, 3.8) is 0 Å². The van der Waals surface area contributed by atoms with Gasteiger partial charge in [-0.1, -0.05) is 73.7 Å². The minimum atomic E-state index is -0.469. The topological polar surface area (TPSA) is 84.5 Å². The number of carbonyl (C=O) groups excluding carboxylic acids is 3. The highest BCUT2D eigenvalue weighted by atomic mass is 32.2. The summed E-state index contributed by atoms with van der Waals surface area (Å²) in [6.07, 6.45) is 0.565. The SMILES string of the molecule is CCOC(=O)c1c(-c2ccccc2)csc1NC(=O)C(CC)Sc1cccc(NC(=O)c2ccc3ccccc3c2)c1. The molecule has 1 heterocycles. The maximum absolute atomic E-state index is 13.4. The molecule has 5 rings (SSSR count). The number of rotatable bonds is 10. The predicted molar refractivity (Wildman–Crippen MR) is 173 cm³/mol. The van der Waals surface area contributed by atoms with Crippen LogP contribution in [0.3, 0.4) is 0 Å². The van der Waals surface area contributed by atoms with E-state index < -0.39 is 11.2 Å². The number of hydrogen-bond acceptors (Lipinski definition) is 6. The van der Waals surface area contributed by atoms with Gasteiger partial charge in [0.15, 0.2) is 0 Å². The van der Waals surface area contributed by atoms with Gasteiger partial charge in [-0.15, -0.1) is 23.1 Å². The van der Waals surface area contributed by atoms with Crippen LogP contribution in [0.4, 0.5) is 10.7 Å². The third kappa shape index (κ3) is 6.73. The van der Waals surface area contributed by atoms with Crippen molar-refractivity contribution in [2.45, 2.75) is 30.4 Å². The Morgan fingerprint density at radius 2 is 1.60 bits per heavy atom. The van der Waals surface area contributed by atoms with Crippen LogP contribution in [0.25, 0.3) is 21.9 Å². The summed E-state index contributed by atoms with van der Waals surface area (Å²) in [7, 11) is 0. The van der Waals surface area contributed by atoms with Crippen molar-refractivity contribution in [3.05, 3.63) is 114 Å². The van der Waals surface area contributed by atoms with Gasteiger partial charge in [-0.25, -0.2) is 4.79 Å². The predicted octanol–water partition coefficient (Wildman–Crippen LogP) is 8.51. The summed E-state index contributed by atoms with van der Waals surface area (Å²) in [5, 5.41) is 9.94. The molecule has 212 valence electrons. The van der Waals surface area contributed by atoms with Crippen LogP contribution >= 0.6 is 23.1 Å². The minimum Gasteiger partial charge on any atom is -0.462 e. The molecule has 0 bridgehead atoms. The lowest BCUT2D eigenvalue weighted by molar-refractivity contribution is -0.115. The number of esters is 1. The maximum Gasteiger partial charge on any atom is 0.341 e. The lowest BCUT2D eigenvalue weighted by atomic mass is 10.0. The van der Waals surface area contributed by atoms with E-state index in [1.54, 1.807) is 6.92 Å². The van der Waals surface area contributed by atoms with Gasteiger partial charge < -0.3 is 15.4 Å². The summed E-state index contributed by atoms with van der Waals surface area (Å²) >= 11 is 2.71. The largest absolute Gasteiger partial charge is 0.462 e. The van der Waals surface area contributed by atoms with Gasteiger partial charge in [0.1, 0.15) is 10.6 Å². The van der Waals surface area contributed by atoms with Crippen molar-refractivity contribution in [2.24, 2.45) is 0 Å². The molecule has 0 spiro atoms. The molecule has 1 aromatic heterocycles. The number of amides is 2. The summed E-state index contributed by atoms with van der Waals surface area (Å²) < 4.78 is 5.33. The van der Waals surface area contributed by atoms with Crippen molar-refractivity contribution < 1.29 is 19.1 Å². The maximum atomic E-state index is 13.4. The first-order chi connectivity index (χ1) is 20.5. The molecule has 0 aliphatic heterocycles. The first-order valence-corrected chi connectivity index (χ1v) is 15.4. The molecule has 0 aliphatic carbocycles. The molecule has 6 nitrogen and oxygen atoms in total. The number of anilines is 2. The van der Waals surface area contributed by atoms with E-state index in [0.717, 1.165) is 26.8 Å². The van der Waals surface area contributed by atoms with Crippen molar-refractivity contribution in [1.29, 1.82) is 0 Å². The summed E-state index contributed by atoms with van der Waals surface area (Å²) in [6.45, 7) is 3.93. The molecule has 0 saturated heterocycles. The van der Waals surface area contributed by atoms with Gasteiger partial charge in [0.05, 0.1) is 11.9 Å². The standard InChI is InChI=1S/C34H30N2O4S2/c1-3-29(32(38)36-33-30(34(39)40-4-2)28(21-41-33)23-12-6-5-7-13-23)42-27-16-10-15-26(20-27)35-31(37)25-18-17-22-11-8-9-14-24(22)19-25/h5-21,29H,3-4H2,1-2H3,(H,35,37)(H,36,38). The van der Waals surface area contributed by atoms with E-state index in [-0.39, 0.29) is 18.4 Å². The average Bonchev–Trinajstić information content (AvgIpc) is 3.43. The third-order valence-electron chi connectivity index (χ3n) is 6.64. The van der Waals surface area contributed by atoms with Gasteiger partial charge in [0.25, 0.3) is 5.91 Å². The monoisotopic (exact) mass is 594 g/mol. The van der Waals surface area contributed by atoms with Gasteiger partial charge in [-0.3, -0.25) is 9.59 Å². The third-order valence-corrected chi connectivity index (χ3v) is 8.89. The molecule has 8 heteroatoms. The molecular weight excluding hydrogens is 565 g/mol. The number of thioether (sulfide) groups is 1. The van der Waals surface area contributed by atoms with E-state index in [9.17, 15) is 14.4 Å². The number of hydrogen-bond donors (Lipinski definition) is 2. The zero-order valence-electron chi connectivity index (χ0n) is 23.3. The minimum absolute atomic E-state index is 0.203. The lowest BCUT2D eigenvalue weighted by Gasteiger charge is -2.16. The van der Waals surface area contributed by atoms with Crippen molar-refractivity contribution in [3.8, 4) is 11.1 Å². The van der Waals surface area contributed by atoms with E-state index in [2.05, 4.69) is 10.6 Å². The molecule has 0 radical (unpaired) electrons. The van der Waals surface area contributed by atoms with E-state index in [1.165, 1.54) is 23.1 Å². The van der Waals surface area contributed by atoms with Gasteiger partial charge >= 0.3 is 5.97 Å². The van der Waals surface area contributed by atoms with Gasteiger partial charge in [-0.05, 0) is 60.0 Å². The second kappa shape index (κ2) is 13.5. The molecule has 0 aliphatic rings. The molecule has 0 saturated carbocycles. The fourth-order valence-electron chi connectivity index (χ4n) is 4.55. The first kappa shape index (κ1) is 29.1. The summed E-state index contributed by atoms with van der Waals surface area (Å²) in [4.78, 5) is 40.2. The molecule has 2 N–H and O–H groups in total. The highest BCUT2D eigenvalue weighted by Gasteiger charge is 2.25. The quantitative estimate of drug-likeness (QED) is 0.125. The number of benzene rings is 4. The van der Waals surface area contributed by atoms with Crippen LogP contribution in [-0.2, 0) is 9.53 Å². The van der Waals surface area contributed by atoms with Crippen LogP contribution < -0.4 is 10.6 Å².